The second-order valence-electron chi connectivity index (χ2n) is 6.10. The maximum Gasteiger partial charge on any atom is 0.121 e. The maximum atomic E-state index is 5.83. The van der Waals surface area contributed by atoms with E-state index in [2.05, 4.69) is 46.0 Å². The molecule has 1 heterocycles. The van der Waals surface area contributed by atoms with E-state index in [1.807, 2.05) is 6.92 Å². The van der Waals surface area contributed by atoms with E-state index in [9.17, 15) is 0 Å². The van der Waals surface area contributed by atoms with Crippen LogP contribution >= 0.6 is 0 Å². The van der Waals surface area contributed by atoms with E-state index >= 15 is 0 Å². The highest BCUT2D eigenvalue weighted by Crippen LogP contribution is 2.29. The van der Waals surface area contributed by atoms with Gasteiger partial charge in [0, 0.05) is 0 Å². The van der Waals surface area contributed by atoms with Crippen LogP contribution in [-0.4, -0.2) is 6.54 Å². The van der Waals surface area contributed by atoms with Crippen molar-refractivity contribution in [3.05, 3.63) is 23.2 Å². The molecular weight excluding hydrogens is 210 g/mol. The van der Waals surface area contributed by atoms with Crippen molar-refractivity contribution in [3.63, 3.8) is 0 Å². The van der Waals surface area contributed by atoms with Crippen molar-refractivity contribution in [1.29, 1.82) is 0 Å². The van der Waals surface area contributed by atoms with E-state index in [4.69, 9.17) is 4.42 Å². The minimum Gasteiger partial charge on any atom is -0.464 e. The first-order valence-corrected chi connectivity index (χ1v) is 6.64. The van der Waals surface area contributed by atoms with Crippen LogP contribution in [0.1, 0.15) is 63.7 Å². The summed E-state index contributed by atoms with van der Waals surface area (Å²) in [6.07, 6.45) is 2.33. The van der Waals surface area contributed by atoms with Crippen molar-refractivity contribution >= 4 is 0 Å². The normalized spacial score (nSPS) is 14.0. The van der Waals surface area contributed by atoms with Gasteiger partial charge in [0.2, 0.25) is 0 Å². The van der Waals surface area contributed by atoms with E-state index in [-0.39, 0.29) is 0 Å². The lowest BCUT2D eigenvalue weighted by molar-refractivity contribution is 0.310. The Balaban J connectivity index is 2.71. The molecule has 0 aromatic carbocycles. The Morgan fingerprint density at radius 2 is 1.94 bits per heavy atom. The third kappa shape index (κ3) is 4.55. The van der Waals surface area contributed by atoms with Gasteiger partial charge in [-0.05, 0) is 50.3 Å². The SMILES string of the molecule is CCNC(CCC(C)(C)C)c1cc(C)c(C)o1. The smallest absolute Gasteiger partial charge is 0.121 e. The summed E-state index contributed by atoms with van der Waals surface area (Å²) >= 11 is 0. The first-order chi connectivity index (χ1) is 7.83. The molecule has 0 amide bonds. The Labute approximate surface area is 106 Å². The minimum absolute atomic E-state index is 0.353. The fourth-order valence-corrected chi connectivity index (χ4v) is 1.94. The molecule has 0 aliphatic rings. The molecule has 0 aliphatic carbocycles. The number of rotatable bonds is 5. The zero-order valence-electron chi connectivity index (χ0n) is 12.2. The van der Waals surface area contributed by atoms with E-state index in [0.717, 1.165) is 24.5 Å². The summed E-state index contributed by atoms with van der Waals surface area (Å²) in [6.45, 7) is 14.1. The van der Waals surface area contributed by atoms with Crippen molar-refractivity contribution in [2.75, 3.05) is 6.54 Å². The predicted molar refractivity (Wildman–Crippen MR) is 73.3 cm³/mol. The minimum atomic E-state index is 0.353. The van der Waals surface area contributed by atoms with E-state index < -0.39 is 0 Å². The summed E-state index contributed by atoms with van der Waals surface area (Å²) < 4.78 is 5.83. The predicted octanol–water partition coefficient (Wildman–Crippen LogP) is 4.37. The standard InChI is InChI=1S/C15H27NO/c1-7-16-13(8-9-15(4,5)6)14-10-11(2)12(3)17-14/h10,13,16H,7-9H2,1-6H3. The summed E-state index contributed by atoms with van der Waals surface area (Å²) in [6, 6.07) is 2.53. The lowest BCUT2D eigenvalue weighted by atomic mass is 9.88. The number of furan rings is 1. The Bertz CT molecular complexity index is 327. The van der Waals surface area contributed by atoms with Crippen molar-refractivity contribution in [2.24, 2.45) is 5.41 Å². The molecule has 17 heavy (non-hydrogen) atoms. The lowest BCUT2D eigenvalue weighted by Gasteiger charge is -2.22. The van der Waals surface area contributed by atoms with Gasteiger partial charge in [-0.3, -0.25) is 0 Å². The molecule has 0 aliphatic heterocycles. The molecular formula is C15H27NO. The Morgan fingerprint density at radius 3 is 2.35 bits per heavy atom. The van der Waals surface area contributed by atoms with Crippen molar-refractivity contribution in [2.45, 2.75) is 60.4 Å². The van der Waals surface area contributed by atoms with Crippen LogP contribution in [0.5, 0.6) is 0 Å². The molecule has 0 fully saturated rings. The summed E-state index contributed by atoms with van der Waals surface area (Å²) in [5, 5.41) is 3.52. The molecule has 1 atom stereocenters. The monoisotopic (exact) mass is 237 g/mol. The molecule has 0 spiro atoms. The first kappa shape index (κ1) is 14.3. The number of nitrogens with one attached hydrogen (secondary N) is 1. The maximum absolute atomic E-state index is 5.83. The molecule has 1 N–H and O–H groups in total. The van der Waals surface area contributed by atoms with Gasteiger partial charge in [-0.2, -0.15) is 0 Å². The van der Waals surface area contributed by atoms with Gasteiger partial charge in [0.1, 0.15) is 11.5 Å². The molecule has 1 aromatic rings. The fraction of sp³-hybridized carbons (Fsp3) is 0.733. The van der Waals surface area contributed by atoms with Crippen LogP contribution in [-0.2, 0) is 0 Å². The van der Waals surface area contributed by atoms with Gasteiger partial charge in [-0.1, -0.05) is 27.7 Å². The second kappa shape index (κ2) is 5.72. The van der Waals surface area contributed by atoms with Crippen molar-refractivity contribution in [3.8, 4) is 0 Å². The van der Waals surface area contributed by atoms with Gasteiger partial charge in [0.05, 0.1) is 6.04 Å². The molecule has 0 bridgehead atoms. The van der Waals surface area contributed by atoms with Crippen LogP contribution in [0.4, 0.5) is 0 Å². The van der Waals surface area contributed by atoms with Crippen LogP contribution in [0.3, 0.4) is 0 Å². The molecule has 1 aromatic heterocycles. The Morgan fingerprint density at radius 1 is 1.29 bits per heavy atom. The molecule has 1 rings (SSSR count). The van der Waals surface area contributed by atoms with Crippen LogP contribution in [0.25, 0.3) is 0 Å². The van der Waals surface area contributed by atoms with Gasteiger partial charge in [-0.25, -0.2) is 0 Å². The average molecular weight is 237 g/mol. The van der Waals surface area contributed by atoms with Gasteiger partial charge in [-0.15, -0.1) is 0 Å². The molecule has 1 unspecified atom stereocenters. The van der Waals surface area contributed by atoms with E-state index in [1.54, 1.807) is 0 Å². The Hall–Kier alpha value is -0.760. The number of hydrogen-bond acceptors (Lipinski definition) is 2. The highest BCUT2D eigenvalue weighted by atomic mass is 16.3. The summed E-state index contributed by atoms with van der Waals surface area (Å²) in [5.41, 5.74) is 1.63. The van der Waals surface area contributed by atoms with Crippen molar-refractivity contribution < 1.29 is 4.42 Å². The zero-order valence-corrected chi connectivity index (χ0v) is 12.2. The molecule has 2 nitrogen and oxygen atoms in total. The summed E-state index contributed by atoms with van der Waals surface area (Å²) in [5.74, 6) is 2.13. The largest absolute Gasteiger partial charge is 0.464 e. The van der Waals surface area contributed by atoms with Crippen LogP contribution in [0.15, 0.2) is 10.5 Å². The summed E-state index contributed by atoms with van der Waals surface area (Å²) in [4.78, 5) is 0. The molecule has 2 heteroatoms. The average Bonchev–Trinajstić information content (AvgIpc) is 2.52. The first-order valence-electron chi connectivity index (χ1n) is 6.64. The fourth-order valence-electron chi connectivity index (χ4n) is 1.94. The summed E-state index contributed by atoms with van der Waals surface area (Å²) in [7, 11) is 0. The number of aryl methyl sites for hydroxylation is 2. The third-order valence-corrected chi connectivity index (χ3v) is 3.16. The zero-order chi connectivity index (χ0) is 13.1. The van der Waals surface area contributed by atoms with Gasteiger partial charge in [0.25, 0.3) is 0 Å². The molecule has 98 valence electrons. The van der Waals surface area contributed by atoms with Crippen LogP contribution in [0, 0.1) is 19.3 Å². The highest BCUT2D eigenvalue weighted by Gasteiger charge is 2.19. The highest BCUT2D eigenvalue weighted by molar-refractivity contribution is 5.20. The topological polar surface area (TPSA) is 25.2 Å². The van der Waals surface area contributed by atoms with E-state index in [0.29, 0.717) is 11.5 Å². The molecule has 0 radical (unpaired) electrons. The number of hydrogen-bond donors (Lipinski definition) is 1. The second-order valence-corrected chi connectivity index (χ2v) is 6.10. The van der Waals surface area contributed by atoms with Crippen LogP contribution < -0.4 is 5.32 Å². The van der Waals surface area contributed by atoms with Crippen molar-refractivity contribution in [1.82, 2.24) is 5.32 Å². The van der Waals surface area contributed by atoms with Gasteiger partial charge in [0.15, 0.2) is 0 Å². The third-order valence-electron chi connectivity index (χ3n) is 3.16. The Kier molecular flexibility index (Phi) is 4.81. The van der Waals surface area contributed by atoms with Gasteiger partial charge < -0.3 is 9.73 Å². The molecule has 0 saturated heterocycles. The lowest BCUT2D eigenvalue weighted by Crippen LogP contribution is -2.22. The van der Waals surface area contributed by atoms with Gasteiger partial charge >= 0.3 is 0 Å². The van der Waals surface area contributed by atoms with E-state index in [1.165, 1.54) is 12.0 Å². The molecule has 0 saturated carbocycles. The van der Waals surface area contributed by atoms with Crippen LogP contribution in [0.2, 0.25) is 0 Å². The quantitative estimate of drug-likeness (QED) is 0.822.